The predicted octanol–water partition coefficient (Wildman–Crippen LogP) is 1.95. The number of hydrogen-bond acceptors (Lipinski definition) is 6. The predicted molar refractivity (Wildman–Crippen MR) is 72.1 cm³/mol. The summed E-state index contributed by atoms with van der Waals surface area (Å²) in [5.74, 6) is 1.40. The molecule has 0 amide bonds. The van der Waals surface area contributed by atoms with E-state index < -0.39 is 4.92 Å². The molecule has 1 heterocycles. The summed E-state index contributed by atoms with van der Waals surface area (Å²) in [5.41, 5.74) is 0.248. The number of anilines is 1. The van der Waals surface area contributed by atoms with E-state index in [0.29, 0.717) is 29.6 Å². The molecule has 8 heteroatoms. The Hall–Kier alpha value is -2.77. The summed E-state index contributed by atoms with van der Waals surface area (Å²) < 4.78 is 10.2. The Morgan fingerprint density at radius 2 is 2.05 bits per heavy atom. The molecule has 0 radical (unpaired) electrons. The molecule has 0 atom stereocenters. The SMILES string of the molecule is COc1cc(NCc2ncc[nH]2)c([N+](=O)[O-])cc1OC. The first-order chi connectivity index (χ1) is 9.65. The number of nitrogens with one attached hydrogen (secondary N) is 2. The highest BCUT2D eigenvalue weighted by atomic mass is 16.6. The van der Waals surface area contributed by atoms with E-state index >= 15 is 0 Å². The summed E-state index contributed by atoms with van der Waals surface area (Å²) in [6.07, 6.45) is 3.29. The van der Waals surface area contributed by atoms with Gasteiger partial charge in [-0.25, -0.2) is 4.98 Å². The van der Waals surface area contributed by atoms with Crippen molar-refractivity contribution in [2.24, 2.45) is 0 Å². The Bertz CT molecular complexity index is 598. The fourth-order valence-corrected chi connectivity index (χ4v) is 1.73. The highest BCUT2D eigenvalue weighted by Gasteiger charge is 2.19. The van der Waals surface area contributed by atoms with Crippen LogP contribution in [-0.4, -0.2) is 29.1 Å². The van der Waals surface area contributed by atoms with Crippen molar-refractivity contribution in [3.05, 3.63) is 40.5 Å². The molecular weight excluding hydrogens is 264 g/mol. The lowest BCUT2D eigenvalue weighted by molar-refractivity contribution is -0.384. The van der Waals surface area contributed by atoms with E-state index in [1.165, 1.54) is 26.4 Å². The highest BCUT2D eigenvalue weighted by Crippen LogP contribution is 2.37. The fourth-order valence-electron chi connectivity index (χ4n) is 1.73. The minimum absolute atomic E-state index is 0.0887. The molecule has 8 nitrogen and oxygen atoms in total. The van der Waals surface area contributed by atoms with Gasteiger partial charge in [0, 0.05) is 18.5 Å². The van der Waals surface area contributed by atoms with Crippen LogP contribution in [0.3, 0.4) is 0 Å². The highest BCUT2D eigenvalue weighted by molar-refractivity contribution is 5.68. The van der Waals surface area contributed by atoms with Gasteiger partial charge in [-0.3, -0.25) is 10.1 Å². The maximum Gasteiger partial charge on any atom is 0.296 e. The Labute approximate surface area is 114 Å². The summed E-state index contributed by atoms with van der Waals surface area (Å²) in [6, 6.07) is 2.85. The van der Waals surface area contributed by atoms with Gasteiger partial charge in [-0.2, -0.15) is 0 Å². The third-order valence-electron chi connectivity index (χ3n) is 2.70. The molecule has 0 aliphatic carbocycles. The van der Waals surface area contributed by atoms with Crippen molar-refractivity contribution in [1.29, 1.82) is 0 Å². The van der Waals surface area contributed by atoms with Gasteiger partial charge in [-0.1, -0.05) is 0 Å². The molecular formula is C12H14N4O4. The summed E-state index contributed by atoms with van der Waals surface area (Å²) in [6.45, 7) is 0.337. The van der Waals surface area contributed by atoms with Gasteiger partial charge in [0.15, 0.2) is 11.5 Å². The first kappa shape index (κ1) is 13.7. The largest absolute Gasteiger partial charge is 0.493 e. The minimum atomic E-state index is -0.480. The summed E-state index contributed by atoms with van der Waals surface area (Å²) in [5, 5.41) is 14.0. The van der Waals surface area contributed by atoms with Gasteiger partial charge in [0.2, 0.25) is 0 Å². The molecule has 0 saturated heterocycles. The average Bonchev–Trinajstić information content (AvgIpc) is 2.97. The molecule has 2 aromatic rings. The van der Waals surface area contributed by atoms with E-state index in [0.717, 1.165) is 0 Å². The van der Waals surface area contributed by atoms with Crippen LogP contribution in [0.5, 0.6) is 11.5 Å². The van der Waals surface area contributed by atoms with Gasteiger partial charge in [0.1, 0.15) is 11.5 Å². The number of imidazole rings is 1. The Balaban J connectivity index is 2.31. The molecule has 1 aromatic heterocycles. The van der Waals surface area contributed by atoms with Crippen molar-refractivity contribution in [3.8, 4) is 11.5 Å². The zero-order chi connectivity index (χ0) is 14.5. The molecule has 106 valence electrons. The molecule has 0 bridgehead atoms. The molecule has 2 N–H and O–H groups in total. The number of aromatic nitrogens is 2. The van der Waals surface area contributed by atoms with Gasteiger partial charge < -0.3 is 19.8 Å². The number of nitro benzene ring substituents is 1. The zero-order valence-electron chi connectivity index (χ0n) is 11.0. The fraction of sp³-hybridized carbons (Fsp3) is 0.250. The van der Waals surface area contributed by atoms with Crippen molar-refractivity contribution in [2.75, 3.05) is 19.5 Å². The topological polar surface area (TPSA) is 102 Å². The molecule has 2 rings (SSSR count). The van der Waals surface area contributed by atoms with Gasteiger partial charge >= 0.3 is 0 Å². The monoisotopic (exact) mass is 278 g/mol. The van der Waals surface area contributed by atoms with Crippen molar-refractivity contribution >= 4 is 11.4 Å². The number of methoxy groups -OCH3 is 2. The number of H-pyrrole nitrogens is 1. The van der Waals surface area contributed by atoms with Crippen molar-refractivity contribution in [2.45, 2.75) is 6.54 Å². The maximum absolute atomic E-state index is 11.1. The second-order valence-electron chi connectivity index (χ2n) is 3.87. The lowest BCUT2D eigenvalue weighted by atomic mass is 10.2. The van der Waals surface area contributed by atoms with Crippen molar-refractivity contribution in [3.63, 3.8) is 0 Å². The lowest BCUT2D eigenvalue weighted by Gasteiger charge is -2.11. The number of nitrogens with zero attached hydrogens (tertiary/aromatic N) is 2. The lowest BCUT2D eigenvalue weighted by Crippen LogP contribution is -2.05. The smallest absolute Gasteiger partial charge is 0.296 e. The molecule has 1 aromatic carbocycles. The first-order valence-corrected chi connectivity index (χ1v) is 5.78. The third-order valence-corrected chi connectivity index (χ3v) is 2.70. The molecule has 0 aliphatic heterocycles. The second kappa shape index (κ2) is 5.91. The van der Waals surface area contributed by atoms with Crippen LogP contribution < -0.4 is 14.8 Å². The molecule has 0 fully saturated rings. The number of nitro groups is 1. The van der Waals surface area contributed by atoms with Crippen LogP contribution in [0.2, 0.25) is 0 Å². The zero-order valence-corrected chi connectivity index (χ0v) is 11.0. The standard InChI is InChI=1S/C12H14N4O4/c1-19-10-5-8(15-7-12-13-3-4-14-12)9(16(17)18)6-11(10)20-2/h3-6,15H,7H2,1-2H3,(H,13,14). The molecule has 0 unspecified atom stereocenters. The number of hydrogen-bond donors (Lipinski definition) is 2. The van der Waals surface area contributed by atoms with Crippen LogP contribution in [0, 0.1) is 10.1 Å². The van der Waals surface area contributed by atoms with Gasteiger partial charge in [0.25, 0.3) is 5.69 Å². The van der Waals surface area contributed by atoms with Crippen LogP contribution >= 0.6 is 0 Å². The number of rotatable bonds is 6. The number of ether oxygens (including phenoxy) is 2. The summed E-state index contributed by atoms with van der Waals surface area (Å²) >= 11 is 0. The van der Waals surface area contributed by atoms with E-state index in [1.807, 2.05) is 0 Å². The molecule has 0 aliphatic rings. The number of aromatic amines is 1. The number of benzene rings is 1. The van der Waals surface area contributed by atoms with E-state index in [2.05, 4.69) is 15.3 Å². The van der Waals surface area contributed by atoms with E-state index in [9.17, 15) is 10.1 Å². The Morgan fingerprint density at radius 1 is 1.35 bits per heavy atom. The first-order valence-electron chi connectivity index (χ1n) is 5.78. The van der Waals surface area contributed by atoms with Crippen LogP contribution in [0.25, 0.3) is 0 Å². The summed E-state index contributed by atoms with van der Waals surface area (Å²) in [4.78, 5) is 17.6. The van der Waals surface area contributed by atoms with E-state index in [-0.39, 0.29) is 5.69 Å². The third kappa shape index (κ3) is 2.79. The van der Waals surface area contributed by atoms with E-state index in [1.54, 1.807) is 12.4 Å². The van der Waals surface area contributed by atoms with Crippen LogP contribution in [0.15, 0.2) is 24.5 Å². The van der Waals surface area contributed by atoms with Gasteiger partial charge in [-0.05, 0) is 0 Å². The quantitative estimate of drug-likeness (QED) is 0.618. The van der Waals surface area contributed by atoms with Crippen molar-refractivity contribution in [1.82, 2.24) is 9.97 Å². The van der Waals surface area contributed by atoms with Crippen LogP contribution in [-0.2, 0) is 6.54 Å². The van der Waals surface area contributed by atoms with Gasteiger partial charge in [-0.15, -0.1) is 0 Å². The van der Waals surface area contributed by atoms with Crippen LogP contribution in [0.1, 0.15) is 5.82 Å². The van der Waals surface area contributed by atoms with Crippen molar-refractivity contribution < 1.29 is 14.4 Å². The second-order valence-corrected chi connectivity index (χ2v) is 3.87. The van der Waals surface area contributed by atoms with E-state index in [4.69, 9.17) is 9.47 Å². The van der Waals surface area contributed by atoms with Gasteiger partial charge in [0.05, 0.1) is 31.8 Å². The average molecular weight is 278 g/mol. The molecule has 20 heavy (non-hydrogen) atoms. The normalized spacial score (nSPS) is 10.1. The Morgan fingerprint density at radius 3 is 2.60 bits per heavy atom. The summed E-state index contributed by atoms with van der Waals surface area (Å²) in [7, 11) is 2.90. The van der Waals surface area contributed by atoms with Crippen LogP contribution in [0.4, 0.5) is 11.4 Å². The molecule has 0 saturated carbocycles. The molecule has 0 spiro atoms. The minimum Gasteiger partial charge on any atom is -0.493 e. The maximum atomic E-state index is 11.1. The Kier molecular flexibility index (Phi) is 4.04.